The second-order valence-electron chi connectivity index (χ2n) is 7.56. The van der Waals surface area contributed by atoms with E-state index in [1.54, 1.807) is 13.8 Å². The van der Waals surface area contributed by atoms with E-state index < -0.39 is 17.4 Å². The molecule has 0 rings (SSSR count). The topological polar surface area (TPSA) is 52.6 Å². The van der Waals surface area contributed by atoms with Crippen molar-refractivity contribution in [2.75, 3.05) is 6.61 Å². The normalized spacial score (nSPS) is 11.6. The third-order valence-electron chi connectivity index (χ3n) is 5.06. The van der Waals surface area contributed by atoms with E-state index in [1.807, 2.05) is 13.8 Å². The van der Waals surface area contributed by atoms with Gasteiger partial charge in [0.05, 0.1) is 12.7 Å². The van der Waals surface area contributed by atoms with E-state index in [1.165, 1.54) is 51.4 Å². The molecule has 0 bridgehead atoms. The van der Waals surface area contributed by atoms with Crippen molar-refractivity contribution in [2.24, 2.45) is 5.41 Å². The Kier molecular flexibility index (Phi) is 14.4. The van der Waals surface area contributed by atoms with Crippen molar-refractivity contribution in [3.05, 3.63) is 0 Å². The molecule has 0 aliphatic heterocycles. The number of esters is 2. The number of hydrogen-bond acceptors (Lipinski definition) is 4. The first-order valence-electron chi connectivity index (χ1n) is 10.8. The summed E-state index contributed by atoms with van der Waals surface area (Å²) in [4.78, 5) is 24.8. The van der Waals surface area contributed by atoms with Gasteiger partial charge in [-0.2, -0.15) is 0 Å². The predicted molar refractivity (Wildman–Crippen MR) is 107 cm³/mol. The number of rotatable bonds is 16. The maximum Gasteiger partial charge on any atom is 0.323 e. The van der Waals surface area contributed by atoms with E-state index in [0.29, 0.717) is 19.4 Å². The van der Waals surface area contributed by atoms with Gasteiger partial charge in [0.2, 0.25) is 0 Å². The minimum Gasteiger partial charge on any atom is -0.465 e. The predicted octanol–water partition coefficient (Wildman–Crippen LogP) is 6.21. The first-order valence-corrected chi connectivity index (χ1v) is 10.8. The summed E-state index contributed by atoms with van der Waals surface area (Å²) >= 11 is 0. The fourth-order valence-electron chi connectivity index (χ4n) is 3.13. The van der Waals surface area contributed by atoms with Crippen LogP contribution in [0.4, 0.5) is 0 Å². The molecule has 4 nitrogen and oxygen atoms in total. The van der Waals surface area contributed by atoms with Gasteiger partial charge in [0.1, 0.15) is 0 Å². The minimum absolute atomic E-state index is 0.227. The largest absolute Gasteiger partial charge is 0.465 e. The smallest absolute Gasteiger partial charge is 0.323 e. The van der Waals surface area contributed by atoms with E-state index >= 15 is 0 Å². The van der Waals surface area contributed by atoms with Gasteiger partial charge in [0.25, 0.3) is 0 Å². The molecule has 0 radical (unpaired) electrons. The van der Waals surface area contributed by atoms with E-state index in [4.69, 9.17) is 9.47 Å². The highest BCUT2D eigenvalue weighted by molar-refractivity contribution is 6.00. The summed E-state index contributed by atoms with van der Waals surface area (Å²) in [6.07, 6.45) is 13.0. The number of ether oxygens (including phenoxy) is 2. The van der Waals surface area contributed by atoms with Gasteiger partial charge in [-0.05, 0) is 33.1 Å². The molecule has 0 N–H and O–H groups in total. The highest BCUT2D eigenvalue weighted by Gasteiger charge is 2.46. The third-order valence-corrected chi connectivity index (χ3v) is 5.06. The quantitative estimate of drug-likeness (QED) is 0.184. The van der Waals surface area contributed by atoms with Crippen LogP contribution in [0.1, 0.15) is 112 Å². The van der Waals surface area contributed by atoms with Gasteiger partial charge < -0.3 is 9.47 Å². The van der Waals surface area contributed by atoms with Crippen molar-refractivity contribution < 1.29 is 19.1 Å². The number of hydrogen-bond donors (Lipinski definition) is 0. The van der Waals surface area contributed by atoms with Gasteiger partial charge in [0.15, 0.2) is 5.41 Å². The van der Waals surface area contributed by atoms with Crippen LogP contribution in [-0.2, 0) is 19.1 Å². The summed E-state index contributed by atoms with van der Waals surface area (Å²) in [5, 5.41) is 0. The van der Waals surface area contributed by atoms with E-state index in [2.05, 4.69) is 6.92 Å². The van der Waals surface area contributed by atoms with Crippen LogP contribution in [0.15, 0.2) is 0 Å². The molecule has 0 amide bonds. The highest BCUT2D eigenvalue weighted by atomic mass is 16.6. The molecule has 0 heterocycles. The van der Waals surface area contributed by atoms with Crippen molar-refractivity contribution in [2.45, 2.75) is 118 Å². The summed E-state index contributed by atoms with van der Waals surface area (Å²) in [6, 6.07) is 0. The molecule has 0 fully saturated rings. The average molecular weight is 371 g/mol. The van der Waals surface area contributed by atoms with Gasteiger partial charge in [-0.15, -0.1) is 0 Å². The third kappa shape index (κ3) is 9.59. The Bertz CT molecular complexity index is 372. The maximum atomic E-state index is 12.5. The zero-order valence-electron chi connectivity index (χ0n) is 17.9. The van der Waals surface area contributed by atoms with Gasteiger partial charge in [-0.1, -0.05) is 78.6 Å². The van der Waals surface area contributed by atoms with Crippen molar-refractivity contribution in [3.8, 4) is 0 Å². The molecule has 0 aromatic carbocycles. The number of carbonyl (C=O) groups excluding carboxylic acids is 2. The lowest BCUT2D eigenvalue weighted by Gasteiger charge is -2.27. The molecule has 0 aliphatic rings. The summed E-state index contributed by atoms with van der Waals surface area (Å²) < 4.78 is 10.7. The molecule has 0 aliphatic carbocycles. The highest BCUT2D eigenvalue weighted by Crippen LogP contribution is 2.30. The Balaban J connectivity index is 3.98. The molecule has 0 aromatic rings. The second-order valence-corrected chi connectivity index (χ2v) is 7.56. The summed E-state index contributed by atoms with van der Waals surface area (Å²) in [5.74, 6) is -0.880. The van der Waals surface area contributed by atoms with Crippen molar-refractivity contribution in [1.82, 2.24) is 0 Å². The molecule has 0 unspecified atom stereocenters. The van der Waals surface area contributed by atoms with Gasteiger partial charge in [0, 0.05) is 0 Å². The van der Waals surface area contributed by atoms with Crippen LogP contribution in [0, 0.1) is 5.41 Å². The van der Waals surface area contributed by atoms with Crippen LogP contribution in [0.3, 0.4) is 0 Å². The van der Waals surface area contributed by atoms with E-state index in [0.717, 1.165) is 12.8 Å². The Hall–Kier alpha value is -1.06. The molecular weight excluding hydrogens is 328 g/mol. The minimum atomic E-state index is -1.15. The Morgan fingerprint density at radius 3 is 1.62 bits per heavy atom. The fraction of sp³-hybridized carbons (Fsp3) is 0.909. The van der Waals surface area contributed by atoms with Crippen LogP contribution in [0.5, 0.6) is 0 Å². The SMILES string of the molecule is CCCCCCCCCCCCOC(=O)C(CC)(CC)C(=O)OC(C)C. The number of unbranched alkanes of at least 4 members (excludes halogenated alkanes) is 9. The lowest BCUT2D eigenvalue weighted by Crippen LogP contribution is -2.42. The molecule has 0 atom stereocenters. The van der Waals surface area contributed by atoms with Gasteiger partial charge in [-0.3, -0.25) is 9.59 Å². The van der Waals surface area contributed by atoms with Gasteiger partial charge in [-0.25, -0.2) is 0 Å². The molecule has 0 saturated carbocycles. The molecule has 0 aromatic heterocycles. The van der Waals surface area contributed by atoms with Crippen LogP contribution in [0.25, 0.3) is 0 Å². The average Bonchev–Trinajstić information content (AvgIpc) is 2.60. The van der Waals surface area contributed by atoms with Gasteiger partial charge >= 0.3 is 11.9 Å². The summed E-state index contributed by atoms with van der Waals surface area (Å²) in [7, 11) is 0. The van der Waals surface area contributed by atoms with E-state index in [-0.39, 0.29) is 6.10 Å². The lowest BCUT2D eigenvalue weighted by molar-refractivity contribution is -0.175. The first kappa shape index (κ1) is 24.9. The lowest BCUT2D eigenvalue weighted by atomic mass is 9.82. The molecule has 26 heavy (non-hydrogen) atoms. The summed E-state index contributed by atoms with van der Waals surface area (Å²) in [6.45, 7) is 9.91. The first-order chi connectivity index (χ1) is 12.4. The molecule has 0 saturated heterocycles. The number of carbonyl (C=O) groups is 2. The van der Waals surface area contributed by atoms with Crippen LogP contribution in [0.2, 0.25) is 0 Å². The molecule has 154 valence electrons. The zero-order chi connectivity index (χ0) is 19.8. The fourth-order valence-corrected chi connectivity index (χ4v) is 3.13. The maximum absolute atomic E-state index is 12.5. The van der Waals surface area contributed by atoms with Crippen molar-refractivity contribution in [1.29, 1.82) is 0 Å². The zero-order valence-corrected chi connectivity index (χ0v) is 17.9. The van der Waals surface area contributed by atoms with Crippen molar-refractivity contribution >= 4 is 11.9 Å². The Labute approximate surface area is 161 Å². The van der Waals surface area contributed by atoms with Crippen LogP contribution >= 0.6 is 0 Å². The van der Waals surface area contributed by atoms with Crippen molar-refractivity contribution in [3.63, 3.8) is 0 Å². The standard InChI is InChI=1S/C22H42O4/c1-6-9-10-11-12-13-14-15-16-17-18-25-20(23)22(7-2,8-3)21(24)26-19(4)5/h19H,6-18H2,1-5H3. The van der Waals surface area contributed by atoms with Crippen LogP contribution < -0.4 is 0 Å². The monoisotopic (exact) mass is 370 g/mol. The molecule has 4 heteroatoms. The van der Waals surface area contributed by atoms with Crippen LogP contribution in [-0.4, -0.2) is 24.6 Å². The Morgan fingerprint density at radius 1 is 0.731 bits per heavy atom. The second kappa shape index (κ2) is 15.0. The summed E-state index contributed by atoms with van der Waals surface area (Å²) in [5.41, 5.74) is -1.15. The van der Waals surface area contributed by atoms with E-state index in [9.17, 15) is 9.59 Å². The molecular formula is C22H42O4. The molecule has 0 spiro atoms. The Morgan fingerprint density at radius 2 is 1.19 bits per heavy atom.